The molecule has 0 aliphatic rings. The number of rotatable bonds is 9. The van der Waals surface area contributed by atoms with E-state index in [1.54, 1.807) is 18.4 Å². The topological polar surface area (TPSA) is 62.7 Å². The Morgan fingerprint density at radius 3 is 2.46 bits per heavy atom. The van der Waals surface area contributed by atoms with Crippen LogP contribution in [-0.2, 0) is 16.1 Å². The Morgan fingerprint density at radius 1 is 1.19 bits per heavy atom. The van der Waals surface area contributed by atoms with Crippen LogP contribution in [0.2, 0.25) is 0 Å². The van der Waals surface area contributed by atoms with E-state index in [-0.39, 0.29) is 35.5 Å². The van der Waals surface area contributed by atoms with Gasteiger partial charge in [0, 0.05) is 24.9 Å². The third-order valence-electron chi connectivity index (χ3n) is 3.63. The second-order valence-electron chi connectivity index (χ2n) is 7.13. The molecule has 1 rings (SSSR count). The monoisotopic (exact) mass is 495 g/mol. The fourth-order valence-corrected chi connectivity index (χ4v) is 3.16. The summed E-state index contributed by atoms with van der Waals surface area (Å²) in [7, 11) is 1.79. The number of carbonyl (C=O) groups excluding carboxylic acids is 1. The fraction of sp³-hybridized carbons (Fsp3) is 0.684. The molecule has 5 nitrogen and oxygen atoms in total. The van der Waals surface area contributed by atoms with E-state index in [4.69, 9.17) is 4.74 Å². The molecule has 1 heterocycles. The number of carbonyl (C=O) groups is 1. The molecule has 0 fully saturated rings. The first-order valence-electron chi connectivity index (χ1n) is 9.01. The molecule has 2 N–H and O–H groups in total. The molecular formula is C19H34IN3O2S. The Morgan fingerprint density at radius 2 is 1.88 bits per heavy atom. The molecule has 7 heteroatoms. The van der Waals surface area contributed by atoms with Crippen LogP contribution in [0, 0.1) is 6.92 Å². The second-order valence-corrected chi connectivity index (χ2v) is 8.13. The number of nitrogens with zero attached hydrogens (tertiary/aromatic N) is 1. The van der Waals surface area contributed by atoms with E-state index in [9.17, 15) is 4.79 Å². The number of guanidine groups is 1. The summed E-state index contributed by atoms with van der Waals surface area (Å²) in [6.07, 6.45) is 4.60. The van der Waals surface area contributed by atoms with Crippen molar-refractivity contribution in [1.82, 2.24) is 10.6 Å². The van der Waals surface area contributed by atoms with Gasteiger partial charge in [0.15, 0.2) is 5.96 Å². The number of unbranched alkanes of at least 4 members (excludes halogenated alkanes) is 3. The van der Waals surface area contributed by atoms with Crippen molar-refractivity contribution in [3.8, 4) is 0 Å². The van der Waals surface area contributed by atoms with Crippen molar-refractivity contribution >= 4 is 47.2 Å². The summed E-state index contributed by atoms with van der Waals surface area (Å²) < 4.78 is 5.30. The van der Waals surface area contributed by atoms with Gasteiger partial charge in [-0.3, -0.25) is 9.79 Å². The molecule has 0 aromatic carbocycles. The molecule has 0 spiro atoms. The van der Waals surface area contributed by atoms with Crippen LogP contribution in [0.1, 0.15) is 63.3 Å². The third kappa shape index (κ3) is 11.7. The van der Waals surface area contributed by atoms with Gasteiger partial charge >= 0.3 is 5.97 Å². The molecule has 0 unspecified atom stereocenters. The van der Waals surface area contributed by atoms with Gasteiger partial charge in [-0.05, 0) is 57.5 Å². The van der Waals surface area contributed by atoms with Gasteiger partial charge in [0.1, 0.15) is 5.60 Å². The van der Waals surface area contributed by atoms with Crippen LogP contribution in [0.4, 0.5) is 0 Å². The first kappa shape index (κ1) is 25.2. The van der Waals surface area contributed by atoms with Gasteiger partial charge in [-0.25, -0.2) is 0 Å². The number of halogens is 1. The maximum Gasteiger partial charge on any atom is 0.306 e. The minimum absolute atomic E-state index is 0. The van der Waals surface area contributed by atoms with Crippen LogP contribution < -0.4 is 10.6 Å². The summed E-state index contributed by atoms with van der Waals surface area (Å²) in [6, 6.07) is 2.13. The lowest BCUT2D eigenvalue weighted by atomic mass is 10.1. The van der Waals surface area contributed by atoms with Crippen molar-refractivity contribution in [2.45, 2.75) is 71.9 Å². The van der Waals surface area contributed by atoms with Gasteiger partial charge in [-0.15, -0.1) is 35.3 Å². The highest BCUT2D eigenvalue weighted by Gasteiger charge is 2.15. The highest BCUT2D eigenvalue weighted by molar-refractivity contribution is 14.0. The zero-order valence-electron chi connectivity index (χ0n) is 16.7. The minimum atomic E-state index is -0.383. The second kappa shape index (κ2) is 13.4. The van der Waals surface area contributed by atoms with Crippen molar-refractivity contribution in [3.05, 3.63) is 21.9 Å². The SMILES string of the molecule is CN=C(NCCCCCCC(=O)OC(C)(C)C)NCc1sccc1C.I. The zero-order valence-corrected chi connectivity index (χ0v) is 19.8. The first-order chi connectivity index (χ1) is 11.8. The maximum atomic E-state index is 11.6. The number of aliphatic imine (C=N–C) groups is 1. The minimum Gasteiger partial charge on any atom is -0.460 e. The molecule has 0 saturated carbocycles. The zero-order chi connectivity index (χ0) is 18.7. The predicted molar refractivity (Wildman–Crippen MR) is 122 cm³/mol. The summed E-state index contributed by atoms with van der Waals surface area (Å²) >= 11 is 1.76. The van der Waals surface area contributed by atoms with Crippen molar-refractivity contribution < 1.29 is 9.53 Å². The average Bonchev–Trinajstić information content (AvgIpc) is 2.92. The van der Waals surface area contributed by atoms with Gasteiger partial charge in [0.25, 0.3) is 0 Å². The maximum absolute atomic E-state index is 11.6. The van der Waals surface area contributed by atoms with Gasteiger partial charge in [-0.2, -0.15) is 0 Å². The quantitative estimate of drug-likeness (QED) is 0.172. The van der Waals surface area contributed by atoms with Crippen LogP contribution in [0.25, 0.3) is 0 Å². The van der Waals surface area contributed by atoms with Crippen molar-refractivity contribution in [1.29, 1.82) is 0 Å². The van der Waals surface area contributed by atoms with Crippen molar-refractivity contribution in [2.75, 3.05) is 13.6 Å². The van der Waals surface area contributed by atoms with Gasteiger partial charge in [-0.1, -0.05) is 12.8 Å². The Hall–Kier alpha value is -0.830. The molecule has 0 bridgehead atoms. The summed E-state index contributed by atoms with van der Waals surface area (Å²) in [5.41, 5.74) is 0.934. The van der Waals surface area contributed by atoms with Crippen LogP contribution in [0.5, 0.6) is 0 Å². The number of aryl methyl sites for hydroxylation is 1. The lowest BCUT2D eigenvalue weighted by Gasteiger charge is -2.19. The summed E-state index contributed by atoms with van der Waals surface area (Å²) in [4.78, 5) is 17.2. The molecule has 150 valence electrons. The van der Waals surface area contributed by atoms with E-state index >= 15 is 0 Å². The standard InChI is InChI=1S/C19H33N3O2S.HI/c1-15-11-13-25-16(15)14-22-18(20-5)21-12-9-7-6-8-10-17(23)24-19(2,3)4;/h11,13H,6-10,12,14H2,1-5H3,(H2,20,21,22);1H. The lowest BCUT2D eigenvalue weighted by Crippen LogP contribution is -2.37. The van der Waals surface area contributed by atoms with Crippen LogP contribution >= 0.6 is 35.3 Å². The Kier molecular flexibility index (Phi) is 12.9. The largest absolute Gasteiger partial charge is 0.460 e. The summed E-state index contributed by atoms with van der Waals surface area (Å²) in [6.45, 7) is 9.52. The Bertz CT molecular complexity index is 553. The van der Waals surface area contributed by atoms with E-state index in [1.807, 2.05) is 20.8 Å². The number of hydrogen-bond acceptors (Lipinski definition) is 4. The molecule has 1 aromatic heterocycles. The number of esters is 1. The van der Waals surface area contributed by atoms with E-state index in [2.05, 4.69) is 34.0 Å². The summed E-state index contributed by atoms with van der Waals surface area (Å²) in [5, 5.41) is 8.78. The average molecular weight is 495 g/mol. The normalized spacial score (nSPS) is 11.7. The van der Waals surface area contributed by atoms with Gasteiger partial charge < -0.3 is 15.4 Å². The van der Waals surface area contributed by atoms with Crippen molar-refractivity contribution in [3.63, 3.8) is 0 Å². The molecule has 0 radical (unpaired) electrons. The molecule has 0 saturated heterocycles. The number of thiophene rings is 1. The smallest absolute Gasteiger partial charge is 0.306 e. The highest BCUT2D eigenvalue weighted by atomic mass is 127. The van der Waals surface area contributed by atoms with E-state index in [0.29, 0.717) is 6.42 Å². The number of hydrogen-bond donors (Lipinski definition) is 2. The van der Waals surface area contributed by atoms with Crippen LogP contribution in [0.15, 0.2) is 16.4 Å². The van der Waals surface area contributed by atoms with E-state index in [1.165, 1.54) is 10.4 Å². The summed E-state index contributed by atoms with van der Waals surface area (Å²) in [5.74, 6) is 0.737. The Balaban J connectivity index is 0.00000625. The van der Waals surface area contributed by atoms with Crippen LogP contribution in [0.3, 0.4) is 0 Å². The molecule has 0 amide bonds. The fourth-order valence-electron chi connectivity index (χ4n) is 2.32. The highest BCUT2D eigenvalue weighted by Crippen LogP contribution is 2.14. The molecule has 0 atom stereocenters. The molecule has 0 aliphatic heterocycles. The molecule has 26 heavy (non-hydrogen) atoms. The Labute approximate surface area is 179 Å². The molecule has 1 aromatic rings. The lowest BCUT2D eigenvalue weighted by molar-refractivity contribution is -0.154. The van der Waals surface area contributed by atoms with E-state index < -0.39 is 0 Å². The van der Waals surface area contributed by atoms with Crippen molar-refractivity contribution in [2.24, 2.45) is 4.99 Å². The van der Waals surface area contributed by atoms with Crippen LogP contribution in [-0.4, -0.2) is 31.1 Å². The number of ether oxygens (including phenoxy) is 1. The number of nitrogens with one attached hydrogen (secondary N) is 2. The predicted octanol–water partition coefficient (Wildman–Crippen LogP) is 4.63. The first-order valence-corrected chi connectivity index (χ1v) is 9.89. The van der Waals surface area contributed by atoms with E-state index in [0.717, 1.165) is 44.7 Å². The molecular weight excluding hydrogens is 461 g/mol. The molecule has 0 aliphatic carbocycles. The third-order valence-corrected chi connectivity index (χ3v) is 4.65. The van der Waals surface area contributed by atoms with Gasteiger partial charge in [0.05, 0.1) is 6.54 Å². The van der Waals surface area contributed by atoms with Gasteiger partial charge in [0.2, 0.25) is 0 Å².